The van der Waals surface area contributed by atoms with E-state index in [1.165, 1.54) is 10.9 Å². The summed E-state index contributed by atoms with van der Waals surface area (Å²) in [5, 5.41) is 5.77. The van der Waals surface area contributed by atoms with Gasteiger partial charge in [-0.25, -0.2) is 9.97 Å². The first-order valence-corrected chi connectivity index (χ1v) is 10.1. The fraction of sp³-hybridized carbons (Fsp3) is 0.391. The second-order valence-electron chi connectivity index (χ2n) is 7.74. The van der Waals surface area contributed by atoms with Gasteiger partial charge in [0.05, 0.1) is 11.9 Å². The lowest BCUT2D eigenvalue weighted by Crippen LogP contribution is -2.34. The number of hydrogen-bond acceptors (Lipinski definition) is 4. The molecule has 0 bridgehead atoms. The van der Waals surface area contributed by atoms with Gasteiger partial charge in [0.1, 0.15) is 11.6 Å². The minimum Gasteiger partial charge on any atom is -0.344 e. The van der Waals surface area contributed by atoms with E-state index in [1.54, 1.807) is 0 Å². The molecule has 2 aromatic heterocycles. The van der Waals surface area contributed by atoms with Crippen LogP contribution in [0.15, 0.2) is 48.9 Å². The summed E-state index contributed by atoms with van der Waals surface area (Å²) in [4.78, 5) is 11.5. The topological polar surface area (TPSA) is 46.0 Å². The number of anilines is 1. The molecule has 1 aliphatic rings. The van der Waals surface area contributed by atoms with Gasteiger partial charge in [-0.15, -0.1) is 0 Å². The molecule has 5 heteroatoms. The average molecular weight is 376 g/mol. The van der Waals surface area contributed by atoms with E-state index in [4.69, 9.17) is 0 Å². The molecule has 0 amide bonds. The van der Waals surface area contributed by atoms with Crippen LogP contribution in [0, 0.1) is 12.8 Å². The van der Waals surface area contributed by atoms with Crippen LogP contribution in [0.3, 0.4) is 0 Å². The lowest BCUT2D eigenvalue weighted by atomic mass is 9.94. The Morgan fingerprint density at radius 2 is 1.93 bits per heavy atom. The smallest absolute Gasteiger partial charge is 0.130 e. The Balaban J connectivity index is 1.54. The van der Waals surface area contributed by atoms with Gasteiger partial charge in [0.2, 0.25) is 0 Å². The van der Waals surface area contributed by atoms with Gasteiger partial charge >= 0.3 is 0 Å². The number of fused-ring (bicyclic) bond motifs is 1. The van der Waals surface area contributed by atoms with E-state index in [9.17, 15) is 0 Å². The summed E-state index contributed by atoms with van der Waals surface area (Å²) in [6, 6.07) is 8.59. The number of nitrogens with one attached hydrogen (secondary N) is 1. The molecule has 5 nitrogen and oxygen atoms in total. The molecule has 0 unspecified atom stereocenters. The zero-order valence-corrected chi connectivity index (χ0v) is 17.1. The number of nitrogens with zero attached hydrogens (tertiary/aromatic N) is 4. The highest BCUT2D eigenvalue weighted by Gasteiger charge is 2.20. The number of aryl methyl sites for hydroxylation is 1. The summed E-state index contributed by atoms with van der Waals surface area (Å²) in [5.74, 6) is 2.40. The van der Waals surface area contributed by atoms with E-state index in [1.807, 2.05) is 19.3 Å². The van der Waals surface area contributed by atoms with Crippen molar-refractivity contribution < 1.29 is 0 Å². The Morgan fingerprint density at radius 3 is 2.61 bits per heavy atom. The van der Waals surface area contributed by atoms with Crippen molar-refractivity contribution in [3.63, 3.8) is 0 Å². The number of benzene rings is 1. The fourth-order valence-corrected chi connectivity index (χ4v) is 4.00. The van der Waals surface area contributed by atoms with Crippen molar-refractivity contribution in [2.75, 3.05) is 25.0 Å². The van der Waals surface area contributed by atoms with E-state index < -0.39 is 0 Å². The molecule has 1 saturated heterocycles. The first-order valence-electron chi connectivity index (χ1n) is 10.1. The molecule has 1 aromatic carbocycles. The fourth-order valence-electron chi connectivity index (χ4n) is 4.00. The summed E-state index contributed by atoms with van der Waals surface area (Å²) in [6.07, 6.45) is 6.19. The van der Waals surface area contributed by atoms with Crippen molar-refractivity contribution in [1.29, 1.82) is 0 Å². The highest BCUT2D eigenvalue weighted by molar-refractivity contribution is 5.88. The molecule has 0 atom stereocenters. The van der Waals surface area contributed by atoms with Crippen LogP contribution in [0.4, 0.5) is 5.82 Å². The number of hydrogen-bond donors (Lipinski definition) is 1. The SMILES string of the molecule is C=C(Nc1cc2cc(-c3cnc(C)n3C)ccc2cn1)C1CCN(CC)CC1. The Kier molecular flexibility index (Phi) is 5.18. The molecule has 0 saturated carbocycles. The molecule has 1 fully saturated rings. The Labute approximate surface area is 167 Å². The van der Waals surface area contributed by atoms with E-state index in [0.717, 1.165) is 60.9 Å². The van der Waals surface area contributed by atoms with Crippen LogP contribution in [0.25, 0.3) is 22.0 Å². The van der Waals surface area contributed by atoms with Gasteiger partial charge < -0.3 is 14.8 Å². The van der Waals surface area contributed by atoms with Crippen LogP contribution in [0.5, 0.6) is 0 Å². The highest BCUT2D eigenvalue weighted by atomic mass is 15.1. The van der Waals surface area contributed by atoms with Crippen LogP contribution in [0.2, 0.25) is 0 Å². The predicted molar refractivity (Wildman–Crippen MR) is 116 cm³/mol. The molecule has 4 rings (SSSR count). The lowest BCUT2D eigenvalue weighted by Gasteiger charge is -2.32. The number of piperidine rings is 1. The molecule has 0 radical (unpaired) electrons. The Morgan fingerprint density at radius 1 is 1.14 bits per heavy atom. The summed E-state index contributed by atoms with van der Waals surface area (Å²) in [6.45, 7) is 12.0. The predicted octanol–water partition coefficient (Wildman–Crippen LogP) is 4.60. The Bertz CT molecular complexity index is 995. The van der Waals surface area contributed by atoms with Crippen molar-refractivity contribution in [1.82, 2.24) is 19.4 Å². The third-order valence-electron chi connectivity index (χ3n) is 6.05. The first kappa shape index (κ1) is 18.7. The van der Waals surface area contributed by atoms with Crippen molar-refractivity contribution >= 4 is 16.6 Å². The third kappa shape index (κ3) is 3.67. The summed E-state index contributed by atoms with van der Waals surface area (Å²) in [7, 11) is 2.05. The summed E-state index contributed by atoms with van der Waals surface area (Å²) in [5.41, 5.74) is 3.37. The first-order chi connectivity index (χ1) is 13.5. The highest BCUT2D eigenvalue weighted by Crippen LogP contribution is 2.28. The van der Waals surface area contributed by atoms with Gasteiger partial charge in [-0.2, -0.15) is 0 Å². The van der Waals surface area contributed by atoms with Crippen LogP contribution < -0.4 is 5.32 Å². The largest absolute Gasteiger partial charge is 0.344 e. The molecule has 1 N–H and O–H groups in total. The zero-order chi connectivity index (χ0) is 19.7. The van der Waals surface area contributed by atoms with Gasteiger partial charge in [-0.1, -0.05) is 25.6 Å². The quantitative estimate of drug-likeness (QED) is 0.708. The van der Waals surface area contributed by atoms with Gasteiger partial charge in [0, 0.05) is 35.8 Å². The van der Waals surface area contributed by atoms with Gasteiger partial charge in [-0.05, 0) is 56.9 Å². The maximum atomic E-state index is 4.60. The van der Waals surface area contributed by atoms with Crippen LogP contribution in [0.1, 0.15) is 25.6 Å². The minimum absolute atomic E-state index is 0.518. The third-order valence-corrected chi connectivity index (χ3v) is 6.05. The molecule has 28 heavy (non-hydrogen) atoms. The molecule has 3 aromatic rings. The minimum atomic E-state index is 0.518. The Hall–Kier alpha value is -2.66. The van der Waals surface area contributed by atoms with Crippen molar-refractivity contribution in [3.8, 4) is 11.3 Å². The van der Waals surface area contributed by atoms with Crippen molar-refractivity contribution in [2.45, 2.75) is 26.7 Å². The van der Waals surface area contributed by atoms with Crippen LogP contribution >= 0.6 is 0 Å². The molecular formula is C23H29N5. The molecule has 0 spiro atoms. The van der Waals surface area contributed by atoms with Crippen LogP contribution in [-0.4, -0.2) is 39.1 Å². The number of imidazole rings is 1. The normalized spacial score (nSPS) is 15.8. The summed E-state index contributed by atoms with van der Waals surface area (Å²) < 4.78 is 2.12. The second kappa shape index (κ2) is 7.76. The number of likely N-dealkylation sites (tertiary alicyclic amines) is 1. The maximum Gasteiger partial charge on any atom is 0.130 e. The molecule has 0 aliphatic carbocycles. The van der Waals surface area contributed by atoms with Crippen molar-refractivity contribution in [3.05, 3.63) is 54.8 Å². The number of aromatic nitrogens is 3. The van der Waals surface area contributed by atoms with E-state index in [2.05, 4.69) is 69.6 Å². The standard InChI is InChI=1S/C23H29N5/c1-5-28-10-8-18(9-11-28)16(2)26-23-13-21-12-19(6-7-20(21)14-25-23)22-15-24-17(3)27(22)4/h6-7,12-15,18H,2,5,8-11H2,1,3-4H3,(H,25,26). The monoisotopic (exact) mass is 375 g/mol. The van der Waals surface area contributed by atoms with E-state index in [-0.39, 0.29) is 0 Å². The van der Waals surface area contributed by atoms with Gasteiger partial charge in [-0.3, -0.25) is 0 Å². The van der Waals surface area contributed by atoms with Gasteiger partial charge in [0.15, 0.2) is 0 Å². The molecule has 146 valence electrons. The molecule has 3 heterocycles. The number of rotatable bonds is 5. The second-order valence-corrected chi connectivity index (χ2v) is 7.74. The van der Waals surface area contributed by atoms with Gasteiger partial charge in [0.25, 0.3) is 0 Å². The lowest BCUT2D eigenvalue weighted by molar-refractivity contribution is 0.208. The van der Waals surface area contributed by atoms with E-state index in [0.29, 0.717) is 5.92 Å². The van der Waals surface area contributed by atoms with Crippen LogP contribution in [-0.2, 0) is 7.05 Å². The maximum absolute atomic E-state index is 4.60. The summed E-state index contributed by atoms with van der Waals surface area (Å²) >= 11 is 0. The molecular weight excluding hydrogens is 346 g/mol. The number of pyridine rings is 1. The van der Waals surface area contributed by atoms with Crippen molar-refractivity contribution in [2.24, 2.45) is 13.0 Å². The average Bonchev–Trinajstić information content (AvgIpc) is 3.06. The number of allylic oxidation sites excluding steroid dienone is 1. The zero-order valence-electron chi connectivity index (χ0n) is 17.1. The van der Waals surface area contributed by atoms with E-state index >= 15 is 0 Å². The molecule has 1 aliphatic heterocycles.